The van der Waals surface area contributed by atoms with E-state index >= 15 is 0 Å². The molecule has 0 amide bonds. The zero-order chi connectivity index (χ0) is 42.2. The second-order valence-corrected chi connectivity index (χ2v) is 16.1. The van der Waals surface area contributed by atoms with Crippen LogP contribution >= 0.6 is 7.82 Å². The number of allylic oxidation sites excluding steroid dienone is 7. The summed E-state index contributed by atoms with van der Waals surface area (Å²) in [6, 6.07) is 0. The Morgan fingerprint density at radius 2 is 1.05 bits per heavy atom. The molecule has 0 heterocycles. The molecule has 0 aliphatic rings. The molecule has 0 aromatic carbocycles. The van der Waals surface area contributed by atoms with Crippen LogP contribution in [0.2, 0.25) is 0 Å². The smallest absolute Gasteiger partial charge is 0.462 e. The van der Waals surface area contributed by atoms with E-state index in [9.17, 15) is 29.5 Å². The Kier molecular flexibility index (Phi) is 37.5. The topological polar surface area (TPSA) is 180 Å². The lowest BCUT2D eigenvalue weighted by molar-refractivity contribution is -0.161. The second kappa shape index (κ2) is 39.1. The molecule has 0 bridgehead atoms. The van der Waals surface area contributed by atoms with Gasteiger partial charge in [0.1, 0.15) is 6.61 Å². The van der Waals surface area contributed by atoms with Gasteiger partial charge in [0.25, 0.3) is 0 Å². The summed E-state index contributed by atoms with van der Waals surface area (Å²) in [4.78, 5) is 42.9. The number of phosphoric acid groups is 1. The van der Waals surface area contributed by atoms with Crippen LogP contribution in [0.1, 0.15) is 174 Å². The molecule has 0 aromatic heterocycles. The molecule has 0 aromatic rings. The molecule has 0 rings (SSSR count). The van der Waals surface area contributed by atoms with E-state index in [0.29, 0.717) is 12.8 Å². The van der Waals surface area contributed by atoms with E-state index in [1.807, 2.05) is 19.1 Å². The number of carbonyl (C=O) groups is 2. The van der Waals surface area contributed by atoms with Gasteiger partial charge in [-0.05, 0) is 32.1 Å². The maximum Gasteiger partial charge on any atom is 0.469 e. The fraction of sp³-hybridized carbons (Fsp3) is 0.733. The van der Waals surface area contributed by atoms with Crippen LogP contribution in [0.15, 0.2) is 60.8 Å². The van der Waals surface area contributed by atoms with Gasteiger partial charge >= 0.3 is 19.8 Å². The molecule has 0 radical (unpaired) electrons. The highest BCUT2D eigenvalue weighted by Gasteiger charge is 2.23. The van der Waals surface area contributed by atoms with Crippen LogP contribution in [-0.2, 0) is 28.2 Å². The molecule has 330 valence electrons. The maximum atomic E-state index is 12.4. The van der Waals surface area contributed by atoms with Gasteiger partial charge in [-0.1, -0.05) is 190 Å². The zero-order valence-corrected chi connectivity index (χ0v) is 36.2. The van der Waals surface area contributed by atoms with Crippen LogP contribution in [-0.4, -0.2) is 74.7 Å². The Balaban J connectivity index is 4.19. The highest BCUT2D eigenvalue weighted by atomic mass is 31.2. The monoisotopic (exact) mass is 827 g/mol. The van der Waals surface area contributed by atoms with Crippen molar-refractivity contribution in [2.75, 3.05) is 13.2 Å². The highest BCUT2D eigenvalue weighted by molar-refractivity contribution is 7.46. The van der Waals surface area contributed by atoms with Crippen LogP contribution in [0.4, 0.5) is 0 Å². The van der Waals surface area contributed by atoms with Gasteiger partial charge in [0.2, 0.25) is 0 Å². The molecule has 0 spiro atoms. The zero-order valence-electron chi connectivity index (χ0n) is 35.3. The lowest BCUT2D eigenvalue weighted by atomic mass is 10.0. The molecule has 0 saturated heterocycles. The molecule has 57 heavy (non-hydrogen) atoms. The fourth-order valence-electron chi connectivity index (χ4n) is 6.01. The first-order valence-electron chi connectivity index (χ1n) is 21.9. The molecule has 5 N–H and O–H groups in total. The van der Waals surface area contributed by atoms with Crippen LogP contribution in [0.5, 0.6) is 0 Å². The van der Waals surface area contributed by atoms with Gasteiger partial charge in [0, 0.05) is 12.8 Å². The quantitative estimate of drug-likeness (QED) is 0.0131. The first-order chi connectivity index (χ1) is 27.5. The van der Waals surface area contributed by atoms with Gasteiger partial charge in [-0.2, -0.15) is 0 Å². The second-order valence-electron chi connectivity index (χ2n) is 14.9. The summed E-state index contributed by atoms with van der Waals surface area (Å²) < 4.78 is 26.2. The number of unbranched alkanes of at least 4 members (excludes halogenated alkanes) is 18. The number of hydrogen-bond acceptors (Lipinski definition) is 9. The summed E-state index contributed by atoms with van der Waals surface area (Å²) in [5.41, 5.74) is 0. The van der Waals surface area contributed by atoms with E-state index in [4.69, 9.17) is 19.3 Å². The minimum absolute atomic E-state index is 0.0886. The standard InChI is InChI=1S/C45H79O11P/c1-3-5-7-8-9-10-11-12-13-14-15-16-17-18-19-20-21-26-30-36-45(50)56-41(39-55-57(51,52)53)38-54-44(49)37-31-35-43(48)42(47)34-29-25-23-22-24-28-33-40(46)32-27-6-4-2/h6,22-25,27-29,33-34,40-43,46-48H,3-5,7-21,26,30-32,35-39H2,1-2H3,(H2,51,52,53)/b24-22+,25-23-,27-6-,33-28+,34-29-/t40-,41-,42+,43+/m1/s1. The van der Waals surface area contributed by atoms with Gasteiger partial charge in [0.15, 0.2) is 6.10 Å². The third-order valence-electron chi connectivity index (χ3n) is 9.39. The molecule has 0 unspecified atom stereocenters. The third-order valence-corrected chi connectivity index (χ3v) is 9.88. The summed E-state index contributed by atoms with van der Waals surface area (Å²) in [5, 5.41) is 30.2. The fourth-order valence-corrected chi connectivity index (χ4v) is 6.37. The third kappa shape index (κ3) is 40.2. The largest absolute Gasteiger partial charge is 0.469 e. The van der Waals surface area contributed by atoms with Crippen molar-refractivity contribution >= 4 is 19.8 Å². The Morgan fingerprint density at radius 1 is 0.579 bits per heavy atom. The van der Waals surface area contributed by atoms with Crippen LogP contribution in [0, 0.1) is 0 Å². The van der Waals surface area contributed by atoms with Crippen molar-refractivity contribution in [3.05, 3.63) is 60.8 Å². The Bertz CT molecular complexity index is 1160. The molecule has 0 aliphatic carbocycles. The van der Waals surface area contributed by atoms with E-state index < -0.39 is 57.4 Å². The van der Waals surface area contributed by atoms with E-state index in [0.717, 1.165) is 25.7 Å². The molecular weight excluding hydrogens is 747 g/mol. The summed E-state index contributed by atoms with van der Waals surface area (Å²) >= 11 is 0. The van der Waals surface area contributed by atoms with Gasteiger partial charge in [0.05, 0.1) is 24.9 Å². The minimum atomic E-state index is -4.84. The highest BCUT2D eigenvalue weighted by Crippen LogP contribution is 2.36. The average Bonchev–Trinajstić information content (AvgIpc) is 3.17. The SMILES string of the molecule is CC/C=C\C[C@@H](O)/C=C/C=C/C=C\C=C/[C@H](O)[C@@H](O)CCCC(=O)OC[C@H](COP(=O)(O)O)OC(=O)CCCCCCCCCCCCCCCCCCCCC. The Labute approximate surface area is 345 Å². The van der Waals surface area contributed by atoms with Crippen molar-refractivity contribution in [1.29, 1.82) is 0 Å². The van der Waals surface area contributed by atoms with Crippen molar-refractivity contribution < 1.29 is 53.3 Å². The molecule has 0 aliphatic heterocycles. The first kappa shape index (κ1) is 54.6. The Hall–Kier alpha value is -2.37. The molecular formula is C45H79O11P. The van der Waals surface area contributed by atoms with Gasteiger partial charge in [-0.3, -0.25) is 14.1 Å². The number of carbonyl (C=O) groups excluding carboxylic acids is 2. The Morgan fingerprint density at radius 3 is 1.56 bits per heavy atom. The van der Waals surface area contributed by atoms with Crippen LogP contribution in [0.25, 0.3) is 0 Å². The van der Waals surface area contributed by atoms with Crippen LogP contribution in [0.3, 0.4) is 0 Å². The van der Waals surface area contributed by atoms with Crippen molar-refractivity contribution in [2.24, 2.45) is 0 Å². The minimum Gasteiger partial charge on any atom is -0.462 e. The predicted molar refractivity (Wildman–Crippen MR) is 229 cm³/mol. The number of esters is 2. The molecule has 4 atom stereocenters. The normalized spacial score (nSPS) is 14.7. The van der Waals surface area contributed by atoms with E-state index in [1.165, 1.54) is 102 Å². The molecule has 0 fully saturated rings. The van der Waals surface area contributed by atoms with E-state index in [2.05, 4.69) is 11.4 Å². The molecule has 11 nitrogen and oxygen atoms in total. The lowest BCUT2D eigenvalue weighted by Crippen LogP contribution is -2.29. The first-order valence-corrected chi connectivity index (χ1v) is 23.4. The summed E-state index contributed by atoms with van der Waals surface area (Å²) in [6.45, 7) is 3.21. The maximum absolute atomic E-state index is 12.4. The number of rotatable bonds is 39. The number of phosphoric ester groups is 1. The van der Waals surface area contributed by atoms with E-state index in [-0.39, 0.29) is 25.7 Å². The number of ether oxygens (including phenoxy) is 2. The average molecular weight is 827 g/mol. The summed E-state index contributed by atoms with van der Waals surface area (Å²) in [7, 11) is -4.84. The molecule has 0 saturated carbocycles. The summed E-state index contributed by atoms with van der Waals surface area (Å²) in [5.74, 6) is -1.21. The number of aliphatic hydroxyl groups excluding tert-OH is 3. The van der Waals surface area contributed by atoms with Gasteiger partial charge < -0.3 is 34.6 Å². The van der Waals surface area contributed by atoms with Crippen molar-refractivity contribution in [3.8, 4) is 0 Å². The van der Waals surface area contributed by atoms with E-state index in [1.54, 1.807) is 42.5 Å². The number of hydrogen-bond donors (Lipinski definition) is 5. The van der Waals surface area contributed by atoms with Crippen molar-refractivity contribution in [1.82, 2.24) is 0 Å². The van der Waals surface area contributed by atoms with Crippen LogP contribution < -0.4 is 0 Å². The van der Waals surface area contributed by atoms with Gasteiger partial charge in [-0.25, -0.2) is 4.57 Å². The number of aliphatic hydroxyl groups is 3. The van der Waals surface area contributed by atoms with Crippen molar-refractivity contribution in [2.45, 2.75) is 199 Å². The predicted octanol–water partition coefficient (Wildman–Crippen LogP) is 10.2. The molecule has 12 heteroatoms. The van der Waals surface area contributed by atoms with Crippen molar-refractivity contribution in [3.63, 3.8) is 0 Å². The summed E-state index contributed by atoms with van der Waals surface area (Å²) in [6.07, 6.45) is 38.9. The van der Waals surface area contributed by atoms with Gasteiger partial charge in [-0.15, -0.1) is 0 Å². The lowest BCUT2D eigenvalue weighted by Gasteiger charge is -2.18.